The molecule has 1 heterocycles. The summed E-state index contributed by atoms with van der Waals surface area (Å²) in [5.41, 5.74) is 5.76. The van der Waals surface area contributed by atoms with E-state index in [1.54, 1.807) is 18.2 Å². The van der Waals surface area contributed by atoms with E-state index in [9.17, 15) is 19.5 Å². The molecule has 1 aliphatic heterocycles. The molecular formula is C16H21N3O4. The normalized spacial score (nSPS) is 16.0. The lowest BCUT2D eigenvalue weighted by Gasteiger charge is -2.20. The van der Waals surface area contributed by atoms with Gasteiger partial charge in [0.2, 0.25) is 5.91 Å². The van der Waals surface area contributed by atoms with Gasteiger partial charge < -0.3 is 21.1 Å². The average Bonchev–Trinajstić information content (AvgIpc) is 2.99. The van der Waals surface area contributed by atoms with Gasteiger partial charge in [-0.1, -0.05) is 12.1 Å². The van der Waals surface area contributed by atoms with Crippen molar-refractivity contribution in [1.82, 2.24) is 4.90 Å². The van der Waals surface area contributed by atoms with Gasteiger partial charge in [0.1, 0.15) is 0 Å². The molecule has 7 heteroatoms. The van der Waals surface area contributed by atoms with Gasteiger partial charge in [-0.25, -0.2) is 0 Å². The molecule has 1 fully saturated rings. The summed E-state index contributed by atoms with van der Waals surface area (Å²) in [6.45, 7) is 2.10. The van der Waals surface area contributed by atoms with Gasteiger partial charge >= 0.3 is 5.97 Å². The van der Waals surface area contributed by atoms with E-state index in [1.807, 2.05) is 0 Å². The van der Waals surface area contributed by atoms with Crippen LogP contribution in [0.25, 0.3) is 0 Å². The van der Waals surface area contributed by atoms with E-state index in [-0.39, 0.29) is 12.0 Å². The topological polar surface area (TPSA) is 113 Å². The Labute approximate surface area is 134 Å². The number of amides is 2. The van der Waals surface area contributed by atoms with Crippen LogP contribution in [0, 0.1) is 5.92 Å². The Hall–Kier alpha value is -2.41. The summed E-state index contributed by atoms with van der Waals surface area (Å²) < 4.78 is 0. The summed E-state index contributed by atoms with van der Waals surface area (Å²) in [5.74, 6) is -2.85. The van der Waals surface area contributed by atoms with Gasteiger partial charge in [-0.15, -0.1) is 0 Å². The molecule has 2 rings (SSSR count). The second kappa shape index (κ2) is 7.73. The Balaban J connectivity index is 1.99. The minimum Gasteiger partial charge on any atom is -0.481 e. The first-order valence-electron chi connectivity index (χ1n) is 7.61. The molecule has 1 aromatic rings. The van der Waals surface area contributed by atoms with Crippen LogP contribution >= 0.6 is 0 Å². The third kappa shape index (κ3) is 4.79. The van der Waals surface area contributed by atoms with Gasteiger partial charge in [-0.3, -0.25) is 14.4 Å². The largest absolute Gasteiger partial charge is 0.481 e. The second-order valence-corrected chi connectivity index (χ2v) is 5.71. The maximum absolute atomic E-state index is 12.1. The Kier molecular flexibility index (Phi) is 5.70. The van der Waals surface area contributed by atoms with Crippen molar-refractivity contribution in [3.05, 3.63) is 29.8 Å². The summed E-state index contributed by atoms with van der Waals surface area (Å²) in [6, 6.07) is 6.38. The SMILES string of the molecule is NC(=O)c1ccccc1NC(=O)C[C@@H](CN1CCCC1)C(=O)O. The van der Waals surface area contributed by atoms with Crippen molar-refractivity contribution in [1.29, 1.82) is 0 Å². The molecule has 0 aromatic heterocycles. The number of aliphatic carboxylic acids is 1. The zero-order chi connectivity index (χ0) is 16.8. The smallest absolute Gasteiger partial charge is 0.308 e. The van der Waals surface area contributed by atoms with E-state index in [2.05, 4.69) is 10.2 Å². The molecular weight excluding hydrogens is 298 g/mol. The molecule has 1 saturated heterocycles. The average molecular weight is 319 g/mol. The highest BCUT2D eigenvalue weighted by atomic mass is 16.4. The number of benzene rings is 1. The number of para-hydroxylation sites is 1. The van der Waals surface area contributed by atoms with E-state index in [1.165, 1.54) is 6.07 Å². The van der Waals surface area contributed by atoms with Crippen LogP contribution in [-0.4, -0.2) is 47.4 Å². The highest BCUT2D eigenvalue weighted by molar-refractivity contribution is 6.03. The highest BCUT2D eigenvalue weighted by Gasteiger charge is 2.26. The van der Waals surface area contributed by atoms with Crippen molar-refractivity contribution in [2.75, 3.05) is 25.0 Å². The summed E-state index contributed by atoms with van der Waals surface area (Å²) in [7, 11) is 0. The molecule has 2 amide bonds. The summed E-state index contributed by atoms with van der Waals surface area (Å²) >= 11 is 0. The van der Waals surface area contributed by atoms with Gasteiger partial charge in [-0.2, -0.15) is 0 Å². The first-order chi connectivity index (χ1) is 11.0. The highest BCUT2D eigenvalue weighted by Crippen LogP contribution is 2.17. The van der Waals surface area contributed by atoms with Gasteiger partial charge in [0.25, 0.3) is 5.91 Å². The molecule has 0 aliphatic carbocycles. The Morgan fingerprint density at radius 3 is 2.48 bits per heavy atom. The van der Waals surface area contributed by atoms with Crippen molar-refractivity contribution in [3.8, 4) is 0 Å². The number of hydrogen-bond donors (Lipinski definition) is 3. The van der Waals surface area contributed by atoms with E-state index >= 15 is 0 Å². The number of primary amides is 1. The third-order valence-corrected chi connectivity index (χ3v) is 3.92. The number of rotatable bonds is 7. The molecule has 4 N–H and O–H groups in total. The molecule has 0 radical (unpaired) electrons. The number of nitrogens with zero attached hydrogens (tertiary/aromatic N) is 1. The van der Waals surface area contributed by atoms with Crippen molar-refractivity contribution >= 4 is 23.5 Å². The van der Waals surface area contributed by atoms with Gasteiger partial charge in [0, 0.05) is 13.0 Å². The maximum atomic E-state index is 12.1. The first-order valence-corrected chi connectivity index (χ1v) is 7.61. The number of carboxylic acid groups (broad SMARTS) is 1. The zero-order valence-corrected chi connectivity index (χ0v) is 12.8. The van der Waals surface area contributed by atoms with E-state index < -0.39 is 23.7 Å². The number of nitrogens with one attached hydrogen (secondary N) is 1. The van der Waals surface area contributed by atoms with E-state index in [4.69, 9.17) is 5.73 Å². The van der Waals surface area contributed by atoms with Crippen LogP contribution in [0.4, 0.5) is 5.69 Å². The second-order valence-electron chi connectivity index (χ2n) is 5.71. The van der Waals surface area contributed by atoms with Crippen LogP contribution in [0.15, 0.2) is 24.3 Å². The standard InChI is InChI=1S/C16H21N3O4/c17-15(21)12-5-1-2-6-13(12)18-14(20)9-11(16(22)23)10-19-7-3-4-8-19/h1-2,5-6,11H,3-4,7-10H2,(H2,17,21)(H,18,20)(H,22,23)/t11-/m0/s1. The minimum atomic E-state index is -0.991. The molecule has 0 bridgehead atoms. The summed E-state index contributed by atoms with van der Waals surface area (Å²) in [5, 5.41) is 11.9. The number of carboxylic acids is 1. The van der Waals surface area contributed by atoms with Crippen molar-refractivity contribution in [3.63, 3.8) is 0 Å². The number of carbonyl (C=O) groups is 3. The molecule has 7 nitrogen and oxygen atoms in total. The molecule has 0 saturated carbocycles. The monoisotopic (exact) mass is 319 g/mol. The predicted octanol–water partition coefficient (Wildman–Crippen LogP) is 0.911. The van der Waals surface area contributed by atoms with Crippen LogP contribution < -0.4 is 11.1 Å². The summed E-state index contributed by atoms with van der Waals surface area (Å²) in [6.07, 6.45) is 1.98. The lowest BCUT2D eigenvalue weighted by molar-refractivity contribution is -0.144. The van der Waals surface area contributed by atoms with E-state index in [0.29, 0.717) is 12.2 Å². The van der Waals surface area contributed by atoms with Gasteiger partial charge in [0.15, 0.2) is 0 Å². The fourth-order valence-electron chi connectivity index (χ4n) is 2.74. The van der Waals surface area contributed by atoms with Crippen LogP contribution in [0.5, 0.6) is 0 Å². The number of anilines is 1. The van der Waals surface area contributed by atoms with Crippen LogP contribution in [0.1, 0.15) is 29.6 Å². The van der Waals surface area contributed by atoms with Crippen LogP contribution in [0.2, 0.25) is 0 Å². The molecule has 0 unspecified atom stereocenters. The number of hydrogen-bond acceptors (Lipinski definition) is 4. The van der Waals surface area contributed by atoms with Crippen LogP contribution in [-0.2, 0) is 9.59 Å². The molecule has 1 aromatic carbocycles. The number of nitrogens with two attached hydrogens (primary N) is 1. The Morgan fingerprint density at radius 1 is 1.22 bits per heavy atom. The molecule has 23 heavy (non-hydrogen) atoms. The van der Waals surface area contributed by atoms with Gasteiger partial charge in [-0.05, 0) is 38.1 Å². The van der Waals surface area contributed by atoms with Crippen molar-refractivity contribution < 1.29 is 19.5 Å². The van der Waals surface area contributed by atoms with Crippen LogP contribution in [0.3, 0.4) is 0 Å². The maximum Gasteiger partial charge on any atom is 0.308 e. The fourth-order valence-corrected chi connectivity index (χ4v) is 2.74. The van der Waals surface area contributed by atoms with Gasteiger partial charge in [0.05, 0.1) is 17.2 Å². The molecule has 124 valence electrons. The first kappa shape index (κ1) is 17.0. The van der Waals surface area contributed by atoms with E-state index in [0.717, 1.165) is 25.9 Å². The Morgan fingerprint density at radius 2 is 1.87 bits per heavy atom. The lowest BCUT2D eigenvalue weighted by Crippen LogP contribution is -2.34. The molecule has 1 aliphatic rings. The van der Waals surface area contributed by atoms with Crippen molar-refractivity contribution in [2.45, 2.75) is 19.3 Å². The number of likely N-dealkylation sites (tertiary alicyclic amines) is 1. The third-order valence-electron chi connectivity index (χ3n) is 3.92. The quantitative estimate of drug-likeness (QED) is 0.691. The Bertz CT molecular complexity index is 597. The molecule has 1 atom stereocenters. The predicted molar refractivity (Wildman–Crippen MR) is 85.0 cm³/mol. The summed E-state index contributed by atoms with van der Waals surface area (Å²) in [4.78, 5) is 36.9. The van der Waals surface area contributed by atoms with Crippen molar-refractivity contribution in [2.24, 2.45) is 11.7 Å². The lowest BCUT2D eigenvalue weighted by atomic mass is 10.0. The zero-order valence-electron chi connectivity index (χ0n) is 12.8. The fraction of sp³-hybridized carbons (Fsp3) is 0.438. The molecule has 0 spiro atoms. The number of carbonyl (C=O) groups excluding carboxylic acids is 2. The minimum absolute atomic E-state index is 0.140.